The van der Waals surface area contributed by atoms with Crippen molar-refractivity contribution in [3.8, 4) is 11.5 Å². The second-order valence-corrected chi connectivity index (χ2v) is 7.02. The van der Waals surface area contributed by atoms with Crippen LogP contribution in [0.1, 0.15) is 0 Å². The van der Waals surface area contributed by atoms with Crippen LogP contribution in [0, 0.1) is 0 Å². The molecule has 0 aromatic heterocycles. The average Bonchev–Trinajstić information content (AvgIpc) is 2.61. The van der Waals surface area contributed by atoms with Gasteiger partial charge in [-0.25, -0.2) is 0 Å². The molecular weight excluding hydrogens is 450 g/mol. The number of benzene rings is 3. The number of rotatable bonds is 5. The van der Waals surface area contributed by atoms with E-state index in [-0.39, 0.29) is 12.5 Å². The molecule has 25 heavy (non-hydrogen) atoms. The monoisotopic (exact) mass is 463 g/mol. The van der Waals surface area contributed by atoms with E-state index in [1.807, 2.05) is 42.5 Å². The highest BCUT2D eigenvalue weighted by Gasteiger charge is 2.09. The molecular formula is C19H15Br2NO3. The number of ether oxygens (including phenoxy) is 2. The topological polar surface area (TPSA) is 47.6 Å². The van der Waals surface area contributed by atoms with Crippen LogP contribution in [0.4, 0.5) is 5.69 Å². The molecule has 1 N–H and O–H groups in total. The molecule has 0 fully saturated rings. The SMILES string of the molecule is COc1cccc(NC(=O)COc2ccc3cc(Br)ccc3c2Br)c1. The van der Waals surface area contributed by atoms with Crippen molar-refractivity contribution in [2.45, 2.75) is 0 Å². The number of hydrogen-bond donors (Lipinski definition) is 1. The molecule has 0 saturated heterocycles. The summed E-state index contributed by atoms with van der Waals surface area (Å²) in [6, 6.07) is 17.0. The van der Waals surface area contributed by atoms with Gasteiger partial charge in [-0.2, -0.15) is 0 Å². The van der Waals surface area contributed by atoms with Crippen LogP contribution in [0.15, 0.2) is 63.5 Å². The highest BCUT2D eigenvalue weighted by atomic mass is 79.9. The predicted molar refractivity (Wildman–Crippen MR) is 106 cm³/mol. The van der Waals surface area contributed by atoms with Crippen molar-refractivity contribution in [1.82, 2.24) is 0 Å². The average molecular weight is 465 g/mol. The van der Waals surface area contributed by atoms with Gasteiger partial charge in [0.2, 0.25) is 0 Å². The largest absolute Gasteiger partial charge is 0.497 e. The molecule has 0 aliphatic carbocycles. The van der Waals surface area contributed by atoms with E-state index in [2.05, 4.69) is 37.2 Å². The first-order valence-corrected chi connectivity index (χ1v) is 9.10. The Kier molecular flexibility index (Phi) is 5.60. The maximum Gasteiger partial charge on any atom is 0.262 e. The third kappa shape index (κ3) is 4.32. The molecule has 0 heterocycles. The summed E-state index contributed by atoms with van der Waals surface area (Å²) in [5.41, 5.74) is 0.662. The third-order valence-electron chi connectivity index (χ3n) is 3.59. The van der Waals surface area contributed by atoms with E-state index in [1.165, 1.54) is 0 Å². The molecule has 0 bridgehead atoms. The van der Waals surface area contributed by atoms with Gasteiger partial charge in [0.15, 0.2) is 6.61 Å². The summed E-state index contributed by atoms with van der Waals surface area (Å²) >= 11 is 7.01. The van der Waals surface area contributed by atoms with Crippen LogP contribution < -0.4 is 14.8 Å². The zero-order valence-corrected chi connectivity index (χ0v) is 16.6. The summed E-state index contributed by atoms with van der Waals surface area (Å²) in [5, 5.41) is 4.89. The molecule has 0 aliphatic rings. The zero-order chi connectivity index (χ0) is 17.8. The third-order valence-corrected chi connectivity index (χ3v) is 4.90. The highest BCUT2D eigenvalue weighted by Crippen LogP contribution is 2.34. The van der Waals surface area contributed by atoms with E-state index in [9.17, 15) is 4.79 Å². The molecule has 3 aromatic rings. The number of fused-ring (bicyclic) bond motifs is 1. The fourth-order valence-corrected chi connectivity index (χ4v) is 3.38. The predicted octanol–water partition coefficient (Wildman–Crippen LogP) is 5.39. The summed E-state index contributed by atoms with van der Waals surface area (Å²) < 4.78 is 12.6. The van der Waals surface area contributed by atoms with Crippen molar-refractivity contribution >= 4 is 54.2 Å². The van der Waals surface area contributed by atoms with Crippen LogP contribution >= 0.6 is 31.9 Å². The number of carbonyl (C=O) groups excluding carboxylic acids is 1. The van der Waals surface area contributed by atoms with Crippen molar-refractivity contribution < 1.29 is 14.3 Å². The van der Waals surface area contributed by atoms with Crippen molar-refractivity contribution in [2.24, 2.45) is 0 Å². The van der Waals surface area contributed by atoms with Crippen molar-refractivity contribution in [1.29, 1.82) is 0 Å². The number of carbonyl (C=O) groups is 1. The number of nitrogens with one attached hydrogen (secondary N) is 1. The molecule has 0 spiro atoms. The van der Waals surface area contributed by atoms with Gasteiger partial charge in [0, 0.05) is 16.2 Å². The van der Waals surface area contributed by atoms with E-state index in [1.54, 1.807) is 19.2 Å². The van der Waals surface area contributed by atoms with Crippen molar-refractivity contribution in [3.63, 3.8) is 0 Å². The summed E-state index contributed by atoms with van der Waals surface area (Å²) in [6.45, 7) is -0.0855. The minimum Gasteiger partial charge on any atom is -0.497 e. The van der Waals surface area contributed by atoms with Crippen LogP contribution in [0.25, 0.3) is 10.8 Å². The van der Waals surface area contributed by atoms with Crippen LogP contribution in [-0.2, 0) is 4.79 Å². The lowest BCUT2D eigenvalue weighted by Gasteiger charge is -2.11. The van der Waals surface area contributed by atoms with E-state index in [4.69, 9.17) is 9.47 Å². The normalized spacial score (nSPS) is 10.5. The van der Waals surface area contributed by atoms with E-state index >= 15 is 0 Å². The first kappa shape index (κ1) is 17.8. The van der Waals surface area contributed by atoms with Gasteiger partial charge in [0.1, 0.15) is 11.5 Å². The van der Waals surface area contributed by atoms with Gasteiger partial charge in [-0.15, -0.1) is 0 Å². The minimum absolute atomic E-state index is 0.0855. The smallest absolute Gasteiger partial charge is 0.262 e. The van der Waals surface area contributed by atoms with Gasteiger partial charge in [-0.05, 0) is 57.0 Å². The Hall–Kier alpha value is -2.05. The molecule has 1 amide bonds. The first-order valence-electron chi connectivity index (χ1n) is 7.51. The summed E-state index contributed by atoms with van der Waals surface area (Å²) in [4.78, 5) is 12.1. The lowest BCUT2D eigenvalue weighted by atomic mass is 10.1. The lowest BCUT2D eigenvalue weighted by Crippen LogP contribution is -2.20. The summed E-state index contributed by atoms with van der Waals surface area (Å²) in [7, 11) is 1.58. The maximum absolute atomic E-state index is 12.1. The Labute approximate surface area is 162 Å². The number of halogens is 2. The van der Waals surface area contributed by atoms with E-state index in [0.29, 0.717) is 17.2 Å². The fraction of sp³-hybridized carbons (Fsp3) is 0.105. The fourth-order valence-electron chi connectivity index (χ4n) is 2.40. The molecule has 0 aliphatic heterocycles. The standard InChI is InChI=1S/C19H15Br2NO3/c1-24-15-4-2-3-14(10-15)22-18(23)11-25-17-8-5-12-9-13(20)6-7-16(12)19(17)21/h2-10H,11H2,1H3,(H,22,23). The summed E-state index contributed by atoms with van der Waals surface area (Å²) in [5.74, 6) is 1.06. The van der Waals surface area contributed by atoms with Gasteiger partial charge in [-0.3, -0.25) is 4.79 Å². The van der Waals surface area contributed by atoms with Gasteiger partial charge in [0.05, 0.1) is 11.6 Å². The van der Waals surface area contributed by atoms with Crippen LogP contribution in [0.2, 0.25) is 0 Å². The van der Waals surface area contributed by atoms with Crippen molar-refractivity contribution in [2.75, 3.05) is 19.0 Å². The molecule has 6 heteroatoms. The molecule has 3 rings (SSSR count). The number of hydrogen-bond acceptors (Lipinski definition) is 3. The van der Waals surface area contributed by atoms with E-state index in [0.717, 1.165) is 19.7 Å². The zero-order valence-electron chi connectivity index (χ0n) is 13.4. The van der Waals surface area contributed by atoms with Crippen LogP contribution in [-0.4, -0.2) is 19.6 Å². The molecule has 128 valence electrons. The van der Waals surface area contributed by atoms with Crippen LogP contribution in [0.3, 0.4) is 0 Å². The minimum atomic E-state index is -0.240. The Balaban J connectivity index is 1.68. The summed E-state index contributed by atoms with van der Waals surface area (Å²) in [6.07, 6.45) is 0. The Morgan fingerprint density at radius 2 is 1.92 bits per heavy atom. The molecule has 0 radical (unpaired) electrons. The second kappa shape index (κ2) is 7.89. The Bertz CT molecular complexity index is 928. The number of methoxy groups -OCH3 is 1. The number of amides is 1. The molecule has 3 aromatic carbocycles. The van der Waals surface area contributed by atoms with Gasteiger partial charge in [-0.1, -0.05) is 34.1 Å². The Morgan fingerprint density at radius 1 is 1.08 bits per heavy atom. The first-order chi connectivity index (χ1) is 12.1. The molecule has 0 saturated carbocycles. The van der Waals surface area contributed by atoms with E-state index < -0.39 is 0 Å². The van der Waals surface area contributed by atoms with Crippen molar-refractivity contribution in [3.05, 3.63) is 63.5 Å². The van der Waals surface area contributed by atoms with Gasteiger partial charge in [0.25, 0.3) is 5.91 Å². The van der Waals surface area contributed by atoms with Gasteiger partial charge >= 0.3 is 0 Å². The lowest BCUT2D eigenvalue weighted by molar-refractivity contribution is -0.118. The maximum atomic E-state index is 12.1. The second-order valence-electron chi connectivity index (χ2n) is 5.31. The molecule has 4 nitrogen and oxygen atoms in total. The Morgan fingerprint density at radius 3 is 2.72 bits per heavy atom. The van der Waals surface area contributed by atoms with Gasteiger partial charge < -0.3 is 14.8 Å². The highest BCUT2D eigenvalue weighted by molar-refractivity contribution is 9.11. The number of anilines is 1. The molecule has 0 unspecified atom stereocenters. The molecule has 0 atom stereocenters. The van der Waals surface area contributed by atoms with Crippen LogP contribution in [0.5, 0.6) is 11.5 Å². The quantitative estimate of drug-likeness (QED) is 0.550.